The van der Waals surface area contributed by atoms with E-state index in [1.807, 2.05) is 19.1 Å². The number of aliphatic imine (C=N–C) groups is 1. The summed E-state index contributed by atoms with van der Waals surface area (Å²) in [5.74, 6) is 3.26. The van der Waals surface area contributed by atoms with E-state index in [2.05, 4.69) is 32.7 Å². The molecule has 0 amide bonds. The lowest BCUT2D eigenvalue weighted by Gasteiger charge is -2.19. The molecule has 1 atom stereocenters. The van der Waals surface area contributed by atoms with E-state index in [0.717, 1.165) is 61.2 Å². The van der Waals surface area contributed by atoms with E-state index in [0.29, 0.717) is 18.3 Å². The monoisotopic (exact) mass is 442 g/mol. The zero-order valence-corrected chi connectivity index (χ0v) is 19.4. The van der Waals surface area contributed by atoms with Crippen LogP contribution in [0.4, 0.5) is 0 Å². The smallest absolute Gasteiger partial charge is 0.191 e. The van der Waals surface area contributed by atoms with Crippen LogP contribution in [0.5, 0.6) is 23.0 Å². The largest absolute Gasteiger partial charge is 0.508 e. The highest BCUT2D eigenvalue weighted by atomic mass is 16.5. The number of nitrogens with zero attached hydrogens (tertiary/aromatic N) is 2. The SMILES string of the molecule is CCNC(=NCc1cc(OC)ccc1O)NC1CCN(Cc2cc(OC)cc(OC)c2)C1. The van der Waals surface area contributed by atoms with Crippen molar-refractivity contribution in [3.05, 3.63) is 47.5 Å². The van der Waals surface area contributed by atoms with Gasteiger partial charge in [-0.2, -0.15) is 0 Å². The maximum atomic E-state index is 10.1. The van der Waals surface area contributed by atoms with E-state index in [1.54, 1.807) is 33.5 Å². The van der Waals surface area contributed by atoms with Crippen molar-refractivity contribution >= 4 is 5.96 Å². The van der Waals surface area contributed by atoms with Gasteiger partial charge in [-0.25, -0.2) is 4.99 Å². The first-order chi connectivity index (χ1) is 15.5. The lowest BCUT2D eigenvalue weighted by molar-refractivity contribution is 0.321. The zero-order valence-electron chi connectivity index (χ0n) is 19.4. The van der Waals surface area contributed by atoms with Crippen LogP contribution in [0.1, 0.15) is 24.5 Å². The minimum Gasteiger partial charge on any atom is -0.508 e. The van der Waals surface area contributed by atoms with Crippen LogP contribution in [0.2, 0.25) is 0 Å². The normalized spacial score (nSPS) is 16.6. The molecule has 1 aliphatic heterocycles. The van der Waals surface area contributed by atoms with Crippen molar-refractivity contribution in [2.45, 2.75) is 32.5 Å². The lowest BCUT2D eigenvalue weighted by Crippen LogP contribution is -2.44. The Kier molecular flexibility index (Phi) is 8.44. The zero-order chi connectivity index (χ0) is 22.9. The third kappa shape index (κ3) is 6.43. The van der Waals surface area contributed by atoms with Gasteiger partial charge in [-0.1, -0.05) is 0 Å². The fourth-order valence-electron chi connectivity index (χ4n) is 3.80. The van der Waals surface area contributed by atoms with Crippen molar-refractivity contribution in [2.75, 3.05) is 41.0 Å². The van der Waals surface area contributed by atoms with E-state index in [-0.39, 0.29) is 5.75 Å². The Balaban J connectivity index is 1.60. The Morgan fingerprint density at radius 2 is 1.78 bits per heavy atom. The molecular weight excluding hydrogens is 408 g/mol. The minimum absolute atomic E-state index is 0.214. The third-order valence-corrected chi connectivity index (χ3v) is 5.47. The van der Waals surface area contributed by atoms with Crippen molar-refractivity contribution in [1.29, 1.82) is 0 Å². The summed E-state index contributed by atoms with van der Waals surface area (Å²) >= 11 is 0. The first-order valence-corrected chi connectivity index (χ1v) is 10.9. The summed E-state index contributed by atoms with van der Waals surface area (Å²) in [6, 6.07) is 11.5. The summed E-state index contributed by atoms with van der Waals surface area (Å²) in [5.41, 5.74) is 1.89. The number of ether oxygens (including phenoxy) is 3. The molecule has 1 saturated heterocycles. The van der Waals surface area contributed by atoms with Gasteiger partial charge in [0.05, 0.1) is 27.9 Å². The summed E-state index contributed by atoms with van der Waals surface area (Å²) in [4.78, 5) is 7.07. The van der Waals surface area contributed by atoms with E-state index in [1.165, 1.54) is 0 Å². The molecule has 1 heterocycles. The third-order valence-electron chi connectivity index (χ3n) is 5.47. The second-order valence-electron chi connectivity index (χ2n) is 7.78. The number of likely N-dealkylation sites (tertiary alicyclic amines) is 1. The molecule has 0 aliphatic carbocycles. The summed E-state index contributed by atoms with van der Waals surface area (Å²) in [6.45, 7) is 5.89. The van der Waals surface area contributed by atoms with E-state index in [4.69, 9.17) is 14.2 Å². The molecule has 2 aromatic carbocycles. The van der Waals surface area contributed by atoms with E-state index >= 15 is 0 Å². The maximum Gasteiger partial charge on any atom is 0.191 e. The number of phenols is 1. The minimum atomic E-state index is 0.214. The van der Waals surface area contributed by atoms with Gasteiger partial charge in [0.2, 0.25) is 0 Å². The molecule has 8 nitrogen and oxygen atoms in total. The Morgan fingerprint density at radius 1 is 1.06 bits per heavy atom. The quantitative estimate of drug-likeness (QED) is 0.407. The number of hydrogen-bond donors (Lipinski definition) is 3. The predicted octanol–water partition coefficient (Wildman–Crippen LogP) is 2.75. The number of benzene rings is 2. The molecule has 2 aromatic rings. The Morgan fingerprint density at radius 3 is 2.44 bits per heavy atom. The number of aromatic hydroxyl groups is 1. The van der Waals surface area contributed by atoms with Gasteiger partial charge in [-0.05, 0) is 49.2 Å². The van der Waals surface area contributed by atoms with Crippen LogP contribution in [-0.4, -0.2) is 63.0 Å². The molecule has 1 fully saturated rings. The molecule has 8 heteroatoms. The summed E-state index contributed by atoms with van der Waals surface area (Å²) < 4.78 is 16.0. The standard InChI is InChI=1S/C24H34N4O4/c1-5-25-24(26-14-18-12-20(30-2)6-7-23(18)29)27-19-8-9-28(16-19)15-17-10-21(31-3)13-22(11-17)32-4/h6-7,10-13,19,29H,5,8-9,14-16H2,1-4H3,(H2,25,26,27). The molecule has 32 heavy (non-hydrogen) atoms. The van der Waals surface area contributed by atoms with Crippen molar-refractivity contribution in [1.82, 2.24) is 15.5 Å². The van der Waals surface area contributed by atoms with E-state index < -0.39 is 0 Å². The molecule has 0 aromatic heterocycles. The number of hydrogen-bond acceptors (Lipinski definition) is 6. The number of guanidine groups is 1. The van der Waals surface area contributed by atoms with Crippen LogP contribution in [0.3, 0.4) is 0 Å². The molecule has 1 unspecified atom stereocenters. The van der Waals surface area contributed by atoms with Crippen LogP contribution in [0.25, 0.3) is 0 Å². The van der Waals surface area contributed by atoms with Crippen molar-refractivity contribution in [3.8, 4) is 23.0 Å². The van der Waals surface area contributed by atoms with Crippen molar-refractivity contribution in [3.63, 3.8) is 0 Å². The first-order valence-electron chi connectivity index (χ1n) is 10.9. The van der Waals surface area contributed by atoms with Gasteiger partial charge in [-0.3, -0.25) is 4.90 Å². The van der Waals surface area contributed by atoms with Gasteiger partial charge < -0.3 is 30.0 Å². The lowest BCUT2D eigenvalue weighted by atomic mass is 10.2. The van der Waals surface area contributed by atoms with Gasteiger partial charge in [0.1, 0.15) is 23.0 Å². The number of nitrogens with one attached hydrogen (secondary N) is 2. The van der Waals surface area contributed by atoms with Crippen LogP contribution in [-0.2, 0) is 13.1 Å². The second-order valence-corrected chi connectivity index (χ2v) is 7.78. The molecule has 0 radical (unpaired) electrons. The average molecular weight is 443 g/mol. The van der Waals surface area contributed by atoms with Gasteiger partial charge in [0.25, 0.3) is 0 Å². The Labute approximate surface area is 190 Å². The molecule has 3 rings (SSSR count). The Bertz CT molecular complexity index is 897. The van der Waals surface area contributed by atoms with Crippen molar-refractivity contribution < 1.29 is 19.3 Å². The number of methoxy groups -OCH3 is 3. The first kappa shape index (κ1) is 23.5. The second kappa shape index (κ2) is 11.5. The van der Waals surface area contributed by atoms with Gasteiger partial charge in [0, 0.05) is 43.9 Å². The highest BCUT2D eigenvalue weighted by Crippen LogP contribution is 2.25. The van der Waals surface area contributed by atoms with Crippen molar-refractivity contribution in [2.24, 2.45) is 4.99 Å². The van der Waals surface area contributed by atoms with Crippen LogP contribution in [0.15, 0.2) is 41.4 Å². The van der Waals surface area contributed by atoms with Crippen LogP contribution in [0, 0.1) is 0 Å². The highest BCUT2D eigenvalue weighted by Gasteiger charge is 2.23. The fourth-order valence-corrected chi connectivity index (χ4v) is 3.80. The summed E-state index contributed by atoms with van der Waals surface area (Å²) in [6.07, 6.45) is 1.02. The molecule has 0 saturated carbocycles. The number of phenolic OH excluding ortho intramolecular Hbond substituents is 1. The Hall–Kier alpha value is -3.13. The molecule has 174 valence electrons. The van der Waals surface area contributed by atoms with Gasteiger partial charge in [-0.15, -0.1) is 0 Å². The predicted molar refractivity (Wildman–Crippen MR) is 126 cm³/mol. The van der Waals surface area contributed by atoms with E-state index in [9.17, 15) is 5.11 Å². The van der Waals surface area contributed by atoms with Crippen LogP contribution < -0.4 is 24.8 Å². The number of rotatable bonds is 9. The molecular formula is C24H34N4O4. The molecule has 3 N–H and O–H groups in total. The topological polar surface area (TPSA) is 87.6 Å². The maximum absolute atomic E-state index is 10.1. The molecule has 0 spiro atoms. The summed E-state index contributed by atoms with van der Waals surface area (Å²) in [7, 11) is 4.95. The summed E-state index contributed by atoms with van der Waals surface area (Å²) in [5, 5.41) is 16.9. The van der Waals surface area contributed by atoms with Crippen LogP contribution >= 0.6 is 0 Å². The fraction of sp³-hybridized carbons (Fsp3) is 0.458. The molecule has 1 aliphatic rings. The molecule has 0 bridgehead atoms. The van der Waals surface area contributed by atoms with Gasteiger partial charge >= 0.3 is 0 Å². The van der Waals surface area contributed by atoms with Gasteiger partial charge in [0.15, 0.2) is 5.96 Å². The highest BCUT2D eigenvalue weighted by molar-refractivity contribution is 5.80. The average Bonchev–Trinajstić information content (AvgIpc) is 3.24.